The molecule has 0 saturated heterocycles. The number of nitrogens with zero attached hydrogens (tertiary/aromatic N) is 1. The molecule has 0 atom stereocenters. The van der Waals surface area contributed by atoms with Gasteiger partial charge >= 0.3 is 0 Å². The van der Waals surface area contributed by atoms with Gasteiger partial charge in [0.25, 0.3) is 5.91 Å². The normalized spacial score (nSPS) is 10.2. The van der Waals surface area contributed by atoms with E-state index in [0.29, 0.717) is 11.0 Å². The van der Waals surface area contributed by atoms with Gasteiger partial charge in [-0.15, -0.1) is 0 Å². The average molecular weight is 318 g/mol. The quantitative estimate of drug-likeness (QED) is 0.806. The number of ether oxygens (including phenoxy) is 1. The maximum absolute atomic E-state index is 13.4. The number of amides is 1. The fraction of sp³-hybridized carbons (Fsp3) is 0.462. The first kappa shape index (κ1) is 15.0. The molecule has 1 rings (SSSR count). The standard InChI is InChI=1S/C13H17BrFNO2/c1-3-4-7-16(2)13(17)9-18-12-6-5-10(14)8-11(12)15/h5-6,8H,3-4,7,9H2,1-2H3. The Bertz CT molecular complexity index is 412. The van der Waals surface area contributed by atoms with Crippen LogP contribution in [0.15, 0.2) is 22.7 Å². The average Bonchev–Trinajstić information content (AvgIpc) is 2.34. The van der Waals surface area contributed by atoms with Crippen LogP contribution in [0.1, 0.15) is 19.8 Å². The Morgan fingerprint density at radius 1 is 1.50 bits per heavy atom. The van der Waals surface area contributed by atoms with Crippen molar-refractivity contribution in [2.45, 2.75) is 19.8 Å². The molecule has 0 aliphatic heterocycles. The summed E-state index contributed by atoms with van der Waals surface area (Å²) >= 11 is 3.16. The highest BCUT2D eigenvalue weighted by Crippen LogP contribution is 2.21. The fourth-order valence-electron chi connectivity index (χ4n) is 1.36. The molecule has 1 aromatic rings. The summed E-state index contributed by atoms with van der Waals surface area (Å²) in [7, 11) is 1.72. The summed E-state index contributed by atoms with van der Waals surface area (Å²) in [6.07, 6.45) is 1.98. The molecular formula is C13H17BrFNO2. The molecule has 0 unspecified atom stereocenters. The van der Waals surface area contributed by atoms with E-state index in [1.165, 1.54) is 12.1 Å². The molecule has 0 aliphatic carbocycles. The van der Waals surface area contributed by atoms with E-state index in [0.717, 1.165) is 12.8 Å². The van der Waals surface area contributed by atoms with E-state index in [1.807, 2.05) is 0 Å². The van der Waals surface area contributed by atoms with Gasteiger partial charge < -0.3 is 9.64 Å². The number of hydrogen-bond donors (Lipinski definition) is 0. The van der Waals surface area contributed by atoms with E-state index in [2.05, 4.69) is 22.9 Å². The minimum Gasteiger partial charge on any atom is -0.481 e. The highest BCUT2D eigenvalue weighted by Gasteiger charge is 2.11. The Balaban J connectivity index is 2.47. The summed E-state index contributed by atoms with van der Waals surface area (Å²) in [5.74, 6) is -0.533. The van der Waals surface area contributed by atoms with E-state index >= 15 is 0 Å². The summed E-state index contributed by atoms with van der Waals surface area (Å²) in [5.41, 5.74) is 0. The second kappa shape index (κ2) is 7.36. The van der Waals surface area contributed by atoms with Gasteiger partial charge in [-0.1, -0.05) is 29.3 Å². The molecule has 1 amide bonds. The van der Waals surface area contributed by atoms with Crippen molar-refractivity contribution in [2.75, 3.05) is 20.2 Å². The molecule has 0 N–H and O–H groups in total. The van der Waals surface area contributed by atoms with Crippen LogP contribution in [0.4, 0.5) is 4.39 Å². The van der Waals surface area contributed by atoms with Crippen molar-refractivity contribution in [3.63, 3.8) is 0 Å². The highest BCUT2D eigenvalue weighted by atomic mass is 79.9. The zero-order valence-electron chi connectivity index (χ0n) is 10.6. The van der Waals surface area contributed by atoms with Gasteiger partial charge in [0.05, 0.1) is 0 Å². The first-order valence-corrected chi connectivity index (χ1v) is 6.65. The first-order chi connectivity index (χ1) is 8.54. The summed E-state index contributed by atoms with van der Waals surface area (Å²) in [5, 5.41) is 0. The van der Waals surface area contributed by atoms with Crippen LogP contribution in [0.5, 0.6) is 5.75 Å². The van der Waals surface area contributed by atoms with Gasteiger partial charge in [0.1, 0.15) is 0 Å². The lowest BCUT2D eigenvalue weighted by atomic mass is 10.3. The Labute approximate surface area is 115 Å². The van der Waals surface area contributed by atoms with Gasteiger partial charge in [-0.25, -0.2) is 4.39 Å². The predicted octanol–water partition coefficient (Wildman–Crippen LogP) is 3.23. The minimum atomic E-state index is -0.478. The lowest BCUT2D eigenvalue weighted by molar-refractivity contribution is -0.132. The van der Waals surface area contributed by atoms with Crippen molar-refractivity contribution in [1.82, 2.24) is 4.90 Å². The summed E-state index contributed by atoms with van der Waals surface area (Å²) in [6.45, 7) is 2.62. The maximum atomic E-state index is 13.4. The van der Waals surface area contributed by atoms with Crippen molar-refractivity contribution in [3.8, 4) is 5.75 Å². The van der Waals surface area contributed by atoms with Crippen LogP contribution >= 0.6 is 15.9 Å². The topological polar surface area (TPSA) is 29.5 Å². The van der Waals surface area contributed by atoms with Crippen molar-refractivity contribution in [1.29, 1.82) is 0 Å². The SMILES string of the molecule is CCCCN(C)C(=O)COc1ccc(Br)cc1F. The summed E-state index contributed by atoms with van der Waals surface area (Å²) < 4.78 is 19.2. The molecule has 0 aliphatic rings. The largest absolute Gasteiger partial charge is 0.481 e. The molecule has 1 aromatic carbocycles. The van der Waals surface area contributed by atoms with Crippen LogP contribution in [-0.4, -0.2) is 31.0 Å². The van der Waals surface area contributed by atoms with Gasteiger partial charge in [0, 0.05) is 18.1 Å². The third kappa shape index (κ3) is 4.64. The maximum Gasteiger partial charge on any atom is 0.260 e. The number of hydrogen-bond acceptors (Lipinski definition) is 2. The smallest absolute Gasteiger partial charge is 0.260 e. The number of benzene rings is 1. The van der Waals surface area contributed by atoms with Crippen LogP contribution < -0.4 is 4.74 Å². The lowest BCUT2D eigenvalue weighted by Crippen LogP contribution is -2.32. The van der Waals surface area contributed by atoms with Crippen LogP contribution in [0, 0.1) is 5.82 Å². The summed E-state index contributed by atoms with van der Waals surface area (Å²) in [6, 6.07) is 4.48. The van der Waals surface area contributed by atoms with Crippen molar-refractivity contribution >= 4 is 21.8 Å². The molecule has 0 spiro atoms. The van der Waals surface area contributed by atoms with Gasteiger partial charge in [0.2, 0.25) is 0 Å². The van der Waals surface area contributed by atoms with Crippen LogP contribution in [0.2, 0.25) is 0 Å². The highest BCUT2D eigenvalue weighted by molar-refractivity contribution is 9.10. The molecule has 0 aromatic heterocycles. The molecule has 0 fully saturated rings. The Morgan fingerprint density at radius 2 is 2.22 bits per heavy atom. The Kier molecular flexibility index (Phi) is 6.12. The molecular weight excluding hydrogens is 301 g/mol. The predicted molar refractivity (Wildman–Crippen MR) is 72.1 cm³/mol. The summed E-state index contributed by atoms with van der Waals surface area (Å²) in [4.78, 5) is 13.3. The number of halogens is 2. The third-order valence-electron chi connectivity index (χ3n) is 2.52. The van der Waals surface area contributed by atoms with E-state index < -0.39 is 5.82 Å². The number of unbranched alkanes of at least 4 members (excludes halogenated alkanes) is 1. The lowest BCUT2D eigenvalue weighted by Gasteiger charge is -2.17. The first-order valence-electron chi connectivity index (χ1n) is 5.86. The van der Waals surface area contributed by atoms with Crippen LogP contribution in [0.25, 0.3) is 0 Å². The third-order valence-corrected chi connectivity index (χ3v) is 3.01. The Morgan fingerprint density at radius 3 is 2.83 bits per heavy atom. The number of rotatable bonds is 6. The van der Waals surface area contributed by atoms with Crippen molar-refractivity contribution in [2.24, 2.45) is 0 Å². The van der Waals surface area contributed by atoms with E-state index in [4.69, 9.17) is 4.74 Å². The number of carbonyl (C=O) groups is 1. The second-order valence-corrected chi connectivity index (χ2v) is 4.95. The van der Waals surface area contributed by atoms with E-state index in [-0.39, 0.29) is 18.3 Å². The van der Waals surface area contributed by atoms with Crippen LogP contribution in [0.3, 0.4) is 0 Å². The zero-order valence-corrected chi connectivity index (χ0v) is 12.2. The second-order valence-electron chi connectivity index (χ2n) is 4.03. The molecule has 18 heavy (non-hydrogen) atoms. The fourth-order valence-corrected chi connectivity index (χ4v) is 1.70. The molecule has 3 nitrogen and oxygen atoms in total. The number of carbonyl (C=O) groups excluding carboxylic acids is 1. The minimum absolute atomic E-state index is 0.0930. The molecule has 100 valence electrons. The molecule has 0 saturated carbocycles. The van der Waals surface area contributed by atoms with Gasteiger partial charge in [-0.05, 0) is 24.6 Å². The van der Waals surface area contributed by atoms with Gasteiger partial charge in [0.15, 0.2) is 18.2 Å². The van der Waals surface area contributed by atoms with E-state index in [9.17, 15) is 9.18 Å². The number of likely N-dealkylation sites (N-methyl/N-ethyl adjacent to an activating group) is 1. The van der Waals surface area contributed by atoms with Gasteiger partial charge in [-0.3, -0.25) is 4.79 Å². The molecule has 0 bridgehead atoms. The monoisotopic (exact) mass is 317 g/mol. The molecule has 0 heterocycles. The van der Waals surface area contributed by atoms with Gasteiger partial charge in [-0.2, -0.15) is 0 Å². The molecule has 5 heteroatoms. The van der Waals surface area contributed by atoms with Crippen molar-refractivity contribution in [3.05, 3.63) is 28.5 Å². The zero-order chi connectivity index (χ0) is 13.5. The van der Waals surface area contributed by atoms with Crippen LogP contribution in [-0.2, 0) is 4.79 Å². The van der Waals surface area contributed by atoms with E-state index in [1.54, 1.807) is 18.0 Å². The Hall–Kier alpha value is -1.10. The molecule has 0 radical (unpaired) electrons. The van der Waals surface area contributed by atoms with Crippen molar-refractivity contribution < 1.29 is 13.9 Å².